The molecule has 3 heteroatoms. The molecule has 0 aliphatic heterocycles. The van der Waals surface area contributed by atoms with E-state index in [4.69, 9.17) is 0 Å². The molecule has 0 aromatic rings. The van der Waals surface area contributed by atoms with Crippen LogP contribution in [0.5, 0.6) is 0 Å². The Bertz CT molecular complexity index is 169. The van der Waals surface area contributed by atoms with Crippen LogP contribution in [0.4, 0.5) is 0 Å². The Hall–Kier alpha value is -0.120. The van der Waals surface area contributed by atoms with Crippen LogP contribution in [0.1, 0.15) is 33.6 Å². The summed E-state index contributed by atoms with van der Waals surface area (Å²) in [4.78, 5) is 2.32. The quantitative estimate of drug-likeness (QED) is 0.634. The summed E-state index contributed by atoms with van der Waals surface area (Å²) in [6.07, 6.45) is 2.36. The maximum absolute atomic E-state index is 9.84. The lowest BCUT2D eigenvalue weighted by atomic mass is 10.2. The molecule has 1 atom stereocenters. The molecule has 1 aliphatic rings. The summed E-state index contributed by atoms with van der Waals surface area (Å²) in [5.41, 5.74) is 0. The van der Waals surface area contributed by atoms with E-state index in [0.29, 0.717) is 12.0 Å². The van der Waals surface area contributed by atoms with Crippen molar-refractivity contribution in [2.45, 2.75) is 45.8 Å². The molecule has 0 aromatic heterocycles. The van der Waals surface area contributed by atoms with Crippen LogP contribution in [0.3, 0.4) is 0 Å². The van der Waals surface area contributed by atoms with Gasteiger partial charge in [0.15, 0.2) is 0 Å². The van der Waals surface area contributed by atoms with E-state index in [1.807, 2.05) is 0 Å². The van der Waals surface area contributed by atoms with Crippen molar-refractivity contribution in [3.05, 3.63) is 0 Å². The van der Waals surface area contributed by atoms with Crippen molar-refractivity contribution in [1.29, 1.82) is 0 Å². The molecule has 0 bridgehead atoms. The van der Waals surface area contributed by atoms with Crippen molar-refractivity contribution in [3.8, 4) is 0 Å². The number of nitrogens with zero attached hydrogens (tertiary/aromatic N) is 1. The van der Waals surface area contributed by atoms with Gasteiger partial charge in [-0.05, 0) is 25.3 Å². The molecule has 90 valence electrons. The molecular weight excluding hydrogens is 188 g/mol. The highest BCUT2D eigenvalue weighted by molar-refractivity contribution is 4.82. The van der Waals surface area contributed by atoms with Gasteiger partial charge in [-0.3, -0.25) is 0 Å². The molecule has 1 saturated carbocycles. The molecule has 15 heavy (non-hydrogen) atoms. The van der Waals surface area contributed by atoms with Gasteiger partial charge >= 0.3 is 0 Å². The van der Waals surface area contributed by atoms with Gasteiger partial charge in [-0.15, -0.1) is 0 Å². The average molecular weight is 214 g/mol. The zero-order valence-electron chi connectivity index (χ0n) is 10.4. The van der Waals surface area contributed by atoms with Crippen LogP contribution in [0.15, 0.2) is 0 Å². The zero-order chi connectivity index (χ0) is 11.3. The Labute approximate surface area is 93.9 Å². The molecule has 0 amide bonds. The molecule has 1 aliphatic carbocycles. The summed E-state index contributed by atoms with van der Waals surface area (Å²) >= 11 is 0. The van der Waals surface area contributed by atoms with Gasteiger partial charge in [-0.1, -0.05) is 20.8 Å². The van der Waals surface area contributed by atoms with Crippen LogP contribution < -0.4 is 5.32 Å². The molecule has 0 spiro atoms. The molecule has 1 fully saturated rings. The normalized spacial score (nSPS) is 18.8. The van der Waals surface area contributed by atoms with Crippen molar-refractivity contribution < 1.29 is 5.11 Å². The molecule has 0 saturated heterocycles. The Kier molecular flexibility index (Phi) is 5.58. The van der Waals surface area contributed by atoms with E-state index in [1.165, 1.54) is 12.8 Å². The van der Waals surface area contributed by atoms with Gasteiger partial charge in [0.05, 0.1) is 6.10 Å². The molecule has 0 aromatic carbocycles. The zero-order valence-corrected chi connectivity index (χ0v) is 10.4. The van der Waals surface area contributed by atoms with Crippen molar-refractivity contribution in [3.63, 3.8) is 0 Å². The van der Waals surface area contributed by atoms with Crippen LogP contribution in [0, 0.1) is 5.92 Å². The van der Waals surface area contributed by atoms with E-state index in [0.717, 1.165) is 26.2 Å². The second-order valence-corrected chi connectivity index (χ2v) is 5.08. The third-order valence-corrected chi connectivity index (χ3v) is 2.76. The predicted octanol–water partition coefficient (Wildman–Crippen LogP) is 1.08. The van der Waals surface area contributed by atoms with Gasteiger partial charge in [-0.2, -0.15) is 0 Å². The first kappa shape index (κ1) is 12.9. The fraction of sp³-hybridized carbons (Fsp3) is 1.00. The van der Waals surface area contributed by atoms with Gasteiger partial charge in [0.25, 0.3) is 0 Å². The van der Waals surface area contributed by atoms with E-state index in [1.54, 1.807) is 0 Å². The summed E-state index contributed by atoms with van der Waals surface area (Å²) in [7, 11) is 0. The number of aliphatic hydroxyl groups excluding tert-OH is 1. The topological polar surface area (TPSA) is 35.5 Å². The summed E-state index contributed by atoms with van der Waals surface area (Å²) in [6, 6.07) is 0.694. The Morgan fingerprint density at radius 2 is 2.00 bits per heavy atom. The van der Waals surface area contributed by atoms with Crippen LogP contribution in [0.2, 0.25) is 0 Å². The smallest absolute Gasteiger partial charge is 0.0791 e. The van der Waals surface area contributed by atoms with Crippen molar-refractivity contribution in [2.75, 3.05) is 26.2 Å². The Morgan fingerprint density at radius 3 is 2.47 bits per heavy atom. The third-order valence-electron chi connectivity index (χ3n) is 2.76. The van der Waals surface area contributed by atoms with Gasteiger partial charge in [-0.25, -0.2) is 0 Å². The lowest BCUT2D eigenvalue weighted by Gasteiger charge is -2.25. The number of likely N-dealkylation sites (N-methyl/N-ethyl adjacent to an activating group) is 1. The monoisotopic (exact) mass is 214 g/mol. The summed E-state index contributed by atoms with van der Waals surface area (Å²) in [6.45, 7) is 10.3. The molecule has 2 N–H and O–H groups in total. The first-order valence-corrected chi connectivity index (χ1v) is 6.25. The Balaban J connectivity index is 2.11. The molecule has 1 rings (SSSR count). The first-order chi connectivity index (χ1) is 7.11. The Morgan fingerprint density at radius 1 is 1.33 bits per heavy atom. The standard InChI is InChI=1S/C12H26N2O/c1-4-14(8-10(2)3)9-12(15)7-13-11-5-6-11/h10-13,15H,4-9H2,1-3H3. The van der Waals surface area contributed by atoms with Crippen LogP contribution >= 0.6 is 0 Å². The van der Waals surface area contributed by atoms with E-state index < -0.39 is 0 Å². The van der Waals surface area contributed by atoms with Crippen LogP contribution in [0.25, 0.3) is 0 Å². The van der Waals surface area contributed by atoms with Crippen LogP contribution in [-0.2, 0) is 0 Å². The largest absolute Gasteiger partial charge is 0.390 e. The lowest BCUT2D eigenvalue weighted by Crippen LogP contribution is -2.40. The van der Waals surface area contributed by atoms with Crippen molar-refractivity contribution in [1.82, 2.24) is 10.2 Å². The second kappa shape index (κ2) is 6.46. The van der Waals surface area contributed by atoms with E-state index >= 15 is 0 Å². The summed E-state index contributed by atoms with van der Waals surface area (Å²) < 4.78 is 0. The second-order valence-electron chi connectivity index (χ2n) is 5.08. The number of hydrogen-bond donors (Lipinski definition) is 2. The summed E-state index contributed by atoms with van der Waals surface area (Å²) in [5, 5.41) is 13.2. The highest BCUT2D eigenvalue weighted by atomic mass is 16.3. The molecule has 3 nitrogen and oxygen atoms in total. The molecule has 0 heterocycles. The number of aliphatic hydroxyl groups is 1. The van der Waals surface area contributed by atoms with Gasteiger partial charge in [0.1, 0.15) is 0 Å². The number of nitrogens with one attached hydrogen (secondary N) is 1. The average Bonchev–Trinajstić information content (AvgIpc) is 2.96. The van der Waals surface area contributed by atoms with Crippen molar-refractivity contribution in [2.24, 2.45) is 5.92 Å². The highest BCUT2D eigenvalue weighted by Crippen LogP contribution is 2.18. The predicted molar refractivity (Wildman–Crippen MR) is 64.0 cm³/mol. The minimum absolute atomic E-state index is 0.218. The minimum atomic E-state index is -0.218. The lowest BCUT2D eigenvalue weighted by molar-refractivity contribution is 0.107. The van der Waals surface area contributed by atoms with Gasteiger partial charge in [0, 0.05) is 25.7 Å². The van der Waals surface area contributed by atoms with E-state index in [9.17, 15) is 5.11 Å². The van der Waals surface area contributed by atoms with Gasteiger partial charge < -0.3 is 15.3 Å². The molecular formula is C12H26N2O. The first-order valence-electron chi connectivity index (χ1n) is 6.25. The summed E-state index contributed by atoms with van der Waals surface area (Å²) in [5.74, 6) is 0.675. The van der Waals surface area contributed by atoms with Gasteiger partial charge in [0.2, 0.25) is 0 Å². The highest BCUT2D eigenvalue weighted by Gasteiger charge is 2.21. The van der Waals surface area contributed by atoms with Crippen molar-refractivity contribution >= 4 is 0 Å². The number of hydrogen-bond acceptors (Lipinski definition) is 3. The van der Waals surface area contributed by atoms with E-state index in [-0.39, 0.29) is 6.10 Å². The molecule has 0 radical (unpaired) electrons. The fourth-order valence-electron chi connectivity index (χ4n) is 1.80. The van der Waals surface area contributed by atoms with E-state index in [2.05, 4.69) is 31.0 Å². The maximum Gasteiger partial charge on any atom is 0.0791 e. The molecule has 1 unspecified atom stereocenters. The SMILES string of the molecule is CCN(CC(C)C)CC(O)CNC1CC1. The maximum atomic E-state index is 9.84. The fourth-order valence-corrected chi connectivity index (χ4v) is 1.80. The number of rotatable bonds is 8. The van der Waals surface area contributed by atoms with Crippen LogP contribution in [-0.4, -0.2) is 48.3 Å². The minimum Gasteiger partial charge on any atom is -0.390 e. The third kappa shape index (κ3) is 6.13.